The van der Waals surface area contributed by atoms with Gasteiger partial charge >= 0.3 is 0 Å². The lowest BCUT2D eigenvalue weighted by molar-refractivity contribution is 0.628. The summed E-state index contributed by atoms with van der Waals surface area (Å²) in [4.78, 5) is 13.7. The molecule has 0 bridgehead atoms. The summed E-state index contributed by atoms with van der Waals surface area (Å²) >= 11 is 0. The van der Waals surface area contributed by atoms with Crippen molar-refractivity contribution in [3.63, 3.8) is 0 Å². The SMILES string of the molecule is Fc1ccc(-c2cncc(N3CCN(c4ccccc4)CC3)n2)cc1. The molecule has 0 amide bonds. The number of rotatable bonds is 3. The van der Waals surface area contributed by atoms with E-state index >= 15 is 0 Å². The number of para-hydroxylation sites is 1. The Morgan fingerprint density at radius 3 is 2.16 bits per heavy atom. The number of anilines is 2. The van der Waals surface area contributed by atoms with Gasteiger partial charge in [-0.2, -0.15) is 0 Å². The molecule has 126 valence electrons. The Morgan fingerprint density at radius 1 is 0.760 bits per heavy atom. The second kappa shape index (κ2) is 6.89. The van der Waals surface area contributed by atoms with Gasteiger partial charge in [0.1, 0.15) is 11.6 Å². The van der Waals surface area contributed by atoms with Crippen molar-refractivity contribution in [1.29, 1.82) is 0 Å². The predicted octanol–water partition coefficient (Wildman–Crippen LogP) is 3.61. The van der Waals surface area contributed by atoms with E-state index in [1.54, 1.807) is 24.5 Å². The van der Waals surface area contributed by atoms with Crippen LogP contribution in [0.4, 0.5) is 15.9 Å². The molecule has 0 spiro atoms. The van der Waals surface area contributed by atoms with E-state index in [9.17, 15) is 4.39 Å². The molecule has 3 aromatic rings. The first-order valence-corrected chi connectivity index (χ1v) is 8.42. The van der Waals surface area contributed by atoms with Gasteiger partial charge in [0.2, 0.25) is 0 Å². The first-order valence-electron chi connectivity index (χ1n) is 8.42. The second-order valence-corrected chi connectivity index (χ2v) is 6.08. The molecule has 0 radical (unpaired) electrons. The highest BCUT2D eigenvalue weighted by atomic mass is 19.1. The van der Waals surface area contributed by atoms with E-state index in [-0.39, 0.29) is 5.82 Å². The van der Waals surface area contributed by atoms with Gasteiger partial charge in [-0.1, -0.05) is 18.2 Å². The quantitative estimate of drug-likeness (QED) is 0.732. The van der Waals surface area contributed by atoms with E-state index in [1.165, 1.54) is 17.8 Å². The van der Waals surface area contributed by atoms with E-state index in [2.05, 4.69) is 39.0 Å². The van der Waals surface area contributed by atoms with Crippen molar-refractivity contribution in [2.75, 3.05) is 36.0 Å². The molecule has 0 aliphatic carbocycles. The van der Waals surface area contributed by atoms with E-state index < -0.39 is 0 Å². The summed E-state index contributed by atoms with van der Waals surface area (Å²) in [6.07, 6.45) is 3.52. The lowest BCUT2D eigenvalue weighted by Crippen LogP contribution is -2.46. The molecular formula is C20H19FN4. The number of halogens is 1. The first kappa shape index (κ1) is 15.6. The summed E-state index contributed by atoms with van der Waals surface area (Å²) in [6.45, 7) is 3.70. The maximum atomic E-state index is 13.1. The van der Waals surface area contributed by atoms with Crippen LogP contribution < -0.4 is 9.80 Å². The number of piperazine rings is 1. The molecular weight excluding hydrogens is 315 g/mol. The van der Waals surface area contributed by atoms with Gasteiger partial charge in [0.25, 0.3) is 0 Å². The number of hydrogen-bond donors (Lipinski definition) is 0. The minimum absolute atomic E-state index is 0.245. The zero-order chi connectivity index (χ0) is 17.1. The fraction of sp³-hybridized carbons (Fsp3) is 0.200. The third kappa shape index (κ3) is 3.45. The van der Waals surface area contributed by atoms with E-state index in [4.69, 9.17) is 4.98 Å². The van der Waals surface area contributed by atoms with E-state index in [0.29, 0.717) is 0 Å². The highest BCUT2D eigenvalue weighted by Gasteiger charge is 2.18. The van der Waals surface area contributed by atoms with Crippen LogP contribution in [0.5, 0.6) is 0 Å². The van der Waals surface area contributed by atoms with Gasteiger partial charge in [0.05, 0.1) is 18.1 Å². The molecule has 1 saturated heterocycles. The summed E-state index contributed by atoms with van der Waals surface area (Å²) in [6, 6.07) is 16.8. The molecule has 5 heteroatoms. The third-order valence-electron chi connectivity index (χ3n) is 4.49. The van der Waals surface area contributed by atoms with E-state index in [1.807, 2.05) is 6.07 Å². The minimum atomic E-state index is -0.245. The van der Waals surface area contributed by atoms with Crippen molar-refractivity contribution in [3.05, 3.63) is 72.8 Å². The Balaban J connectivity index is 1.48. The second-order valence-electron chi connectivity index (χ2n) is 6.08. The molecule has 2 heterocycles. The van der Waals surface area contributed by atoms with Crippen LogP contribution in [0.15, 0.2) is 67.0 Å². The van der Waals surface area contributed by atoms with Gasteiger partial charge in [0.15, 0.2) is 0 Å². The Bertz CT molecular complexity index is 828. The minimum Gasteiger partial charge on any atom is -0.368 e. The molecule has 0 atom stereocenters. The summed E-state index contributed by atoms with van der Waals surface area (Å²) in [5, 5.41) is 0. The zero-order valence-electron chi connectivity index (χ0n) is 13.8. The predicted molar refractivity (Wildman–Crippen MR) is 98.3 cm³/mol. The Morgan fingerprint density at radius 2 is 1.44 bits per heavy atom. The Kier molecular flexibility index (Phi) is 4.29. The van der Waals surface area contributed by atoms with Crippen LogP contribution in [-0.4, -0.2) is 36.1 Å². The van der Waals surface area contributed by atoms with Crippen molar-refractivity contribution in [2.24, 2.45) is 0 Å². The molecule has 0 N–H and O–H groups in total. The third-order valence-corrected chi connectivity index (χ3v) is 4.49. The molecule has 1 aromatic heterocycles. The van der Waals surface area contributed by atoms with Gasteiger partial charge < -0.3 is 9.80 Å². The maximum absolute atomic E-state index is 13.1. The maximum Gasteiger partial charge on any atom is 0.147 e. The smallest absolute Gasteiger partial charge is 0.147 e. The highest BCUT2D eigenvalue weighted by molar-refractivity contribution is 5.60. The average molecular weight is 334 g/mol. The van der Waals surface area contributed by atoms with Crippen LogP contribution >= 0.6 is 0 Å². The van der Waals surface area contributed by atoms with Crippen molar-refractivity contribution < 1.29 is 4.39 Å². The fourth-order valence-electron chi connectivity index (χ4n) is 3.10. The molecule has 1 aliphatic heterocycles. The molecule has 1 fully saturated rings. The summed E-state index contributed by atoms with van der Waals surface area (Å²) < 4.78 is 13.1. The Hall–Kier alpha value is -2.95. The zero-order valence-corrected chi connectivity index (χ0v) is 13.8. The number of nitrogens with zero attached hydrogens (tertiary/aromatic N) is 4. The van der Waals surface area contributed by atoms with Crippen molar-refractivity contribution in [3.8, 4) is 11.3 Å². The molecule has 0 unspecified atom stereocenters. The molecule has 1 aliphatic rings. The monoisotopic (exact) mass is 334 g/mol. The van der Waals surface area contributed by atoms with Crippen LogP contribution in [0.25, 0.3) is 11.3 Å². The van der Waals surface area contributed by atoms with Gasteiger partial charge in [-0.3, -0.25) is 4.98 Å². The van der Waals surface area contributed by atoms with Gasteiger partial charge in [-0.25, -0.2) is 9.37 Å². The number of aromatic nitrogens is 2. The van der Waals surface area contributed by atoms with Crippen LogP contribution in [-0.2, 0) is 0 Å². The summed E-state index contributed by atoms with van der Waals surface area (Å²) in [5.74, 6) is 0.624. The van der Waals surface area contributed by atoms with Crippen LogP contribution in [0.2, 0.25) is 0 Å². The average Bonchev–Trinajstić information content (AvgIpc) is 2.69. The number of hydrogen-bond acceptors (Lipinski definition) is 4. The topological polar surface area (TPSA) is 32.3 Å². The lowest BCUT2D eigenvalue weighted by Gasteiger charge is -2.36. The van der Waals surface area contributed by atoms with Crippen LogP contribution in [0.1, 0.15) is 0 Å². The highest BCUT2D eigenvalue weighted by Crippen LogP contribution is 2.22. The van der Waals surface area contributed by atoms with Crippen molar-refractivity contribution in [2.45, 2.75) is 0 Å². The Labute approximate surface area is 146 Å². The van der Waals surface area contributed by atoms with Crippen molar-refractivity contribution >= 4 is 11.5 Å². The lowest BCUT2D eigenvalue weighted by atomic mass is 10.1. The summed E-state index contributed by atoms with van der Waals surface area (Å²) in [7, 11) is 0. The summed E-state index contributed by atoms with van der Waals surface area (Å²) in [5.41, 5.74) is 2.90. The van der Waals surface area contributed by atoms with Crippen LogP contribution in [0, 0.1) is 5.82 Å². The van der Waals surface area contributed by atoms with Gasteiger partial charge in [0, 0.05) is 37.4 Å². The molecule has 4 nitrogen and oxygen atoms in total. The van der Waals surface area contributed by atoms with Gasteiger partial charge in [-0.15, -0.1) is 0 Å². The molecule has 0 saturated carbocycles. The number of benzene rings is 2. The van der Waals surface area contributed by atoms with Crippen molar-refractivity contribution in [1.82, 2.24) is 9.97 Å². The molecule has 2 aromatic carbocycles. The standard InChI is InChI=1S/C20H19FN4/c21-17-8-6-16(7-9-17)19-14-22-15-20(23-19)25-12-10-24(11-13-25)18-4-2-1-3-5-18/h1-9,14-15H,10-13H2. The van der Waals surface area contributed by atoms with E-state index in [0.717, 1.165) is 43.3 Å². The first-order chi connectivity index (χ1) is 12.3. The largest absolute Gasteiger partial charge is 0.368 e. The van der Waals surface area contributed by atoms with Gasteiger partial charge in [-0.05, 0) is 36.4 Å². The molecule has 25 heavy (non-hydrogen) atoms. The fourth-order valence-corrected chi connectivity index (χ4v) is 3.10. The normalized spacial score (nSPS) is 14.6. The molecule has 4 rings (SSSR count). The van der Waals surface area contributed by atoms with Crippen LogP contribution in [0.3, 0.4) is 0 Å².